The third-order valence-corrected chi connectivity index (χ3v) is 5.58. The first-order valence-corrected chi connectivity index (χ1v) is 10.0. The van der Waals surface area contributed by atoms with E-state index in [4.69, 9.17) is 11.6 Å². The summed E-state index contributed by atoms with van der Waals surface area (Å²) in [6.45, 7) is 0.644. The van der Waals surface area contributed by atoms with Crippen LogP contribution in [0.2, 0.25) is 5.02 Å². The molecule has 4 rings (SSSR count). The Morgan fingerprint density at radius 1 is 1.11 bits per heavy atom. The van der Waals surface area contributed by atoms with Gasteiger partial charge in [-0.3, -0.25) is 9.59 Å². The van der Waals surface area contributed by atoms with Crippen LogP contribution in [0.3, 0.4) is 0 Å². The minimum Gasteiger partial charge on any atom is -0.334 e. The second kappa shape index (κ2) is 8.15. The summed E-state index contributed by atoms with van der Waals surface area (Å²) in [5.41, 5.74) is 1.93. The minimum absolute atomic E-state index is 0.0262. The molecule has 0 bridgehead atoms. The van der Waals surface area contributed by atoms with Crippen LogP contribution < -0.4 is 5.56 Å². The number of carbonyl (C=O) groups is 1. The molecule has 1 atom stereocenters. The lowest BCUT2D eigenvalue weighted by molar-refractivity contribution is 0.0674. The lowest BCUT2D eigenvalue weighted by Gasteiger charge is -2.30. The third-order valence-electron chi connectivity index (χ3n) is 5.32. The van der Waals surface area contributed by atoms with Crippen LogP contribution >= 0.6 is 11.6 Å². The number of hydrogen-bond donors (Lipinski definition) is 1. The van der Waals surface area contributed by atoms with E-state index in [1.54, 1.807) is 12.1 Å². The highest BCUT2D eigenvalue weighted by atomic mass is 35.5. The number of likely N-dealkylation sites (tertiary alicyclic amines) is 1. The van der Waals surface area contributed by atoms with Gasteiger partial charge in [0.25, 0.3) is 11.5 Å². The Morgan fingerprint density at radius 3 is 2.71 bits per heavy atom. The first-order chi connectivity index (χ1) is 13.6. The lowest BCUT2D eigenvalue weighted by atomic mass is 10.0. The number of para-hydroxylation sites is 2. The normalized spacial score (nSPS) is 17.5. The first-order valence-electron chi connectivity index (χ1n) is 9.66. The third kappa shape index (κ3) is 3.94. The number of aromatic amines is 1. The molecule has 0 saturated carbocycles. The van der Waals surface area contributed by atoms with Crippen molar-refractivity contribution in [2.75, 3.05) is 6.54 Å². The van der Waals surface area contributed by atoms with Crippen molar-refractivity contribution in [3.63, 3.8) is 0 Å². The number of carbonyl (C=O) groups excluding carboxylic acids is 1. The number of halogens is 1. The zero-order valence-corrected chi connectivity index (χ0v) is 16.3. The zero-order valence-electron chi connectivity index (χ0n) is 15.5. The summed E-state index contributed by atoms with van der Waals surface area (Å²) in [7, 11) is 0. The highest BCUT2D eigenvalue weighted by Crippen LogP contribution is 2.22. The van der Waals surface area contributed by atoms with Crippen LogP contribution in [-0.4, -0.2) is 33.4 Å². The fourth-order valence-electron chi connectivity index (χ4n) is 3.86. The molecule has 1 saturated heterocycles. The molecule has 1 aromatic heterocycles. The van der Waals surface area contributed by atoms with E-state index in [1.807, 2.05) is 41.3 Å². The molecule has 2 aromatic carbocycles. The van der Waals surface area contributed by atoms with Crippen molar-refractivity contribution in [3.05, 3.63) is 75.2 Å². The summed E-state index contributed by atoms with van der Waals surface area (Å²) in [5.74, 6) is -0.284. The van der Waals surface area contributed by atoms with Crippen LogP contribution in [0, 0.1) is 0 Å². The second-order valence-electron chi connectivity index (χ2n) is 7.26. The highest BCUT2D eigenvalue weighted by Gasteiger charge is 2.29. The quantitative estimate of drug-likeness (QED) is 0.722. The van der Waals surface area contributed by atoms with Crippen molar-refractivity contribution in [1.82, 2.24) is 14.9 Å². The standard InChI is InChI=1S/C22H22ClN3O2/c23-16-11-9-15(10-12-16)14-17-6-2-1-5-13-26(17)22(28)20-21(27)25-19-8-4-3-7-18(19)24-20/h3-4,7-12,17H,1-2,5-6,13-14H2,(H,25,27). The van der Waals surface area contributed by atoms with Crippen molar-refractivity contribution < 1.29 is 4.79 Å². The molecule has 0 spiro atoms. The van der Waals surface area contributed by atoms with Crippen molar-refractivity contribution in [2.45, 2.75) is 38.1 Å². The Hall–Kier alpha value is -2.66. The maximum absolute atomic E-state index is 13.3. The maximum Gasteiger partial charge on any atom is 0.280 e. The number of benzene rings is 2. The molecule has 144 valence electrons. The van der Waals surface area contributed by atoms with Crippen LogP contribution in [0.15, 0.2) is 53.3 Å². The van der Waals surface area contributed by atoms with Gasteiger partial charge in [-0.25, -0.2) is 4.98 Å². The topological polar surface area (TPSA) is 66.1 Å². The molecule has 1 fully saturated rings. The molecule has 3 aromatic rings. The number of H-pyrrole nitrogens is 1. The summed E-state index contributed by atoms with van der Waals surface area (Å²) in [6, 6.07) is 15.0. The van der Waals surface area contributed by atoms with E-state index in [0.29, 0.717) is 22.6 Å². The largest absolute Gasteiger partial charge is 0.334 e. The van der Waals surface area contributed by atoms with Gasteiger partial charge < -0.3 is 9.88 Å². The fourth-order valence-corrected chi connectivity index (χ4v) is 3.99. The second-order valence-corrected chi connectivity index (χ2v) is 7.70. The average molecular weight is 396 g/mol. The highest BCUT2D eigenvalue weighted by molar-refractivity contribution is 6.30. The number of fused-ring (bicyclic) bond motifs is 1. The van der Waals surface area contributed by atoms with Gasteiger partial charge in [0.15, 0.2) is 5.69 Å². The van der Waals surface area contributed by atoms with Gasteiger partial charge in [0.05, 0.1) is 11.0 Å². The summed E-state index contributed by atoms with van der Waals surface area (Å²) in [5, 5.41) is 0.699. The molecule has 0 radical (unpaired) electrons. The Bertz CT molecular complexity index is 1050. The Balaban J connectivity index is 1.65. The Kier molecular flexibility index (Phi) is 5.44. The van der Waals surface area contributed by atoms with Crippen molar-refractivity contribution in [1.29, 1.82) is 0 Å². The van der Waals surface area contributed by atoms with Crippen LogP contribution in [0.4, 0.5) is 0 Å². The van der Waals surface area contributed by atoms with Gasteiger partial charge in [-0.05, 0) is 49.1 Å². The van der Waals surface area contributed by atoms with Gasteiger partial charge in [-0.15, -0.1) is 0 Å². The summed E-state index contributed by atoms with van der Waals surface area (Å²) in [6.07, 6.45) is 4.76. The van der Waals surface area contributed by atoms with E-state index in [1.165, 1.54) is 0 Å². The number of rotatable bonds is 3. The van der Waals surface area contributed by atoms with Crippen molar-refractivity contribution in [3.8, 4) is 0 Å². The van der Waals surface area contributed by atoms with Crippen LogP contribution in [-0.2, 0) is 6.42 Å². The minimum atomic E-state index is -0.432. The van der Waals surface area contributed by atoms with Crippen LogP contribution in [0.5, 0.6) is 0 Å². The van der Waals surface area contributed by atoms with E-state index in [-0.39, 0.29) is 17.6 Å². The fraction of sp³-hybridized carbons (Fsp3) is 0.318. The molecule has 28 heavy (non-hydrogen) atoms. The predicted octanol–water partition coefficient (Wildman–Crippen LogP) is 4.20. The maximum atomic E-state index is 13.3. The molecular weight excluding hydrogens is 374 g/mol. The average Bonchev–Trinajstić information content (AvgIpc) is 2.94. The molecule has 1 unspecified atom stereocenters. The van der Waals surface area contributed by atoms with Gasteiger partial charge >= 0.3 is 0 Å². The van der Waals surface area contributed by atoms with E-state index in [0.717, 1.165) is 37.7 Å². The lowest BCUT2D eigenvalue weighted by Crippen LogP contribution is -2.43. The van der Waals surface area contributed by atoms with Crippen LogP contribution in [0.1, 0.15) is 41.7 Å². The summed E-state index contributed by atoms with van der Waals surface area (Å²) >= 11 is 5.99. The number of aromatic nitrogens is 2. The van der Waals surface area contributed by atoms with E-state index in [9.17, 15) is 9.59 Å². The molecule has 1 aliphatic heterocycles. The smallest absolute Gasteiger partial charge is 0.280 e. The van der Waals surface area contributed by atoms with Gasteiger partial charge in [-0.1, -0.05) is 48.7 Å². The molecule has 5 nitrogen and oxygen atoms in total. The number of hydrogen-bond acceptors (Lipinski definition) is 3. The van der Waals surface area contributed by atoms with E-state index >= 15 is 0 Å². The monoisotopic (exact) mass is 395 g/mol. The molecule has 1 amide bonds. The summed E-state index contributed by atoms with van der Waals surface area (Å²) < 4.78 is 0. The van der Waals surface area contributed by atoms with Crippen molar-refractivity contribution >= 4 is 28.5 Å². The van der Waals surface area contributed by atoms with E-state index in [2.05, 4.69) is 9.97 Å². The molecule has 1 N–H and O–H groups in total. The van der Waals surface area contributed by atoms with Crippen LogP contribution in [0.25, 0.3) is 11.0 Å². The SMILES string of the molecule is O=C(c1nc2ccccc2[nH]c1=O)N1CCCCCC1Cc1ccc(Cl)cc1. The molecule has 6 heteroatoms. The first kappa shape index (κ1) is 18.7. The zero-order chi connectivity index (χ0) is 19.5. The van der Waals surface area contributed by atoms with Gasteiger partial charge in [0.1, 0.15) is 0 Å². The summed E-state index contributed by atoms with van der Waals surface area (Å²) in [4.78, 5) is 34.8. The number of nitrogens with zero attached hydrogens (tertiary/aromatic N) is 2. The predicted molar refractivity (Wildman–Crippen MR) is 111 cm³/mol. The molecular formula is C22H22ClN3O2. The molecule has 1 aliphatic rings. The Labute approximate surface area is 168 Å². The number of amides is 1. The van der Waals surface area contributed by atoms with E-state index < -0.39 is 5.56 Å². The molecule has 0 aliphatic carbocycles. The van der Waals surface area contributed by atoms with Gasteiger partial charge in [-0.2, -0.15) is 0 Å². The molecule has 2 heterocycles. The van der Waals surface area contributed by atoms with Gasteiger partial charge in [0, 0.05) is 17.6 Å². The van der Waals surface area contributed by atoms with Crippen molar-refractivity contribution in [2.24, 2.45) is 0 Å². The van der Waals surface area contributed by atoms with Gasteiger partial charge in [0.2, 0.25) is 0 Å². The number of nitrogens with one attached hydrogen (secondary N) is 1. The Morgan fingerprint density at radius 2 is 1.89 bits per heavy atom.